The van der Waals surface area contributed by atoms with Crippen molar-refractivity contribution in [2.45, 2.75) is 45.1 Å². The standard InChI is InChI=1S/C20H31NO3/c1-3-9-17-10-11-19(20(14-17)23-2)24-16-18(22)15-21-12-7-5-4-6-8-13-21/h3,9-11,14,18,22H,4-8,12-13,15-16H2,1-2H3/p+1/b9-3+/t18-/m1/s1. The van der Waals surface area contributed by atoms with Gasteiger partial charge in [-0.3, -0.25) is 0 Å². The van der Waals surface area contributed by atoms with Gasteiger partial charge < -0.3 is 19.5 Å². The second kappa shape index (κ2) is 10.4. The van der Waals surface area contributed by atoms with E-state index in [0.29, 0.717) is 18.1 Å². The predicted molar refractivity (Wildman–Crippen MR) is 97.9 cm³/mol. The van der Waals surface area contributed by atoms with Crippen molar-refractivity contribution in [2.24, 2.45) is 0 Å². The lowest BCUT2D eigenvalue weighted by atomic mass is 10.1. The van der Waals surface area contributed by atoms with Crippen molar-refractivity contribution in [3.05, 3.63) is 29.8 Å². The number of hydrogen-bond acceptors (Lipinski definition) is 3. The lowest BCUT2D eigenvalue weighted by Gasteiger charge is -2.24. The average molecular weight is 334 g/mol. The van der Waals surface area contributed by atoms with Crippen LogP contribution in [0.15, 0.2) is 24.3 Å². The number of rotatable bonds is 7. The molecule has 4 nitrogen and oxygen atoms in total. The van der Waals surface area contributed by atoms with Crippen molar-refractivity contribution >= 4 is 6.08 Å². The van der Waals surface area contributed by atoms with Gasteiger partial charge in [-0.15, -0.1) is 0 Å². The van der Waals surface area contributed by atoms with E-state index in [-0.39, 0.29) is 0 Å². The number of ether oxygens (including phenoxy) is 2. The van der Waals surface area contributed by atoms with Crippen LogP contribution in [-0.2, 0) is 0 Å². The van der Waals surface area contributed by atoms with Gasteiger partial charge in [0.2, 0.25) is 0 Å². The number of benzene rings is 1. The summed E-state index contributed by atoms with van der Waals surface area (Å²) in [6.07, 6.45) is 10.1. The van der Waals surface area contributed by atoms with Gasteiger partial charge in [0.15, 0.2) is 11.5 Å². The minimum Gasteiger partial charge on any atom is -0.493 e. The summed E-state index contributed by atoms with van der Waals surface area (Å²) in [5.74, 6) is 1.39. The molecule has 0 spiro atoms. The summed E-state index contributed by atoms with van der Waals surface area (Å²) in [4.78, 5) is 1.50. The maximum atomic E-state index is 10.3. The Hall–Kier alpha value is -1.52. The van der Waals surface area contributed by atoms with Gasteiger partial charge in [0.1, 0.15) is 19.3 Å². The first-order valence-corrected chi connectivity index (χ1v) is 9.18. The van der Waals surface area contributed by atoms with E-state index in [2.05, 4.69) is 0 Å². The molecule has 0 aromatic heterocycles. The molecule has 0 aliphatic carbocycles. The van der Waals surface area contributed by atoms with E-state index in [1.54, 1.807) is 7.11 Å². The number of aliphatic hydroxyl groups excluding tert-OH is 1. The normalized spacial score (nSPS) is 18.1. The highest BCUT2D eigenvalue weighted by molar-refractivity contribution is 5.55. The van der Waals surface area contributed by atoms with Gasteiger partial charge in [-0.25, -0.2) is 0 Å². The second-order valence-corrected chi connectivity index (χ2v) is 6.60. The second-order valence-electron chi connectivity index (χ2n) is 6.60. The van der Waals surface area contributed by atoms with Crippen LogP contribution in [0.3, 0.4) is 0 Å². The van der Waals surface area contributed by atoms with Crippen LogP contribution < -0.4 is 14.4 Å². The molecule has 0 saturated carbocycles. The highest BCUT2D eigenvalue weighted by Crippen LogP contribution is 2.28. The Bertz CT molecular complexity index is 508. The Kier molecular flexibility index (Phi) is 8.13. The third-order valence-electron chi connectivity index (χ3n) is 4.56. The summed E-state index contributed by atoms with van der Waals surface area (Å²) in [5, 5.41) is 10.3. The Morgan fingerprint density at radius 2 is 1.83 bits per heavy atom. The number of likely N-dealkylation sites (tertiary alicyclic amines) is 1. The molecule has 0 radical (unpaired) electrons. The summed E-state index contributed by atoms with van der Waals surface area (Å²) in [6.45, 7) is 5.39. The first kappa shape index (κ1) is 18.8. The van der Waals surface area contributed by atoms with Crippen LogP contribution in [0.2, 0.25) is 0 Å². The summed E-state index contributed by atoms with van der Waals surface area (Å²) in [7, 11) is 1.64. The van der Waals surface area contributed by atoms with Crippen molar-refractivity contribution in [1.82, 2.24) is 0 Å². The monoisotopic (exact) mass is 334 g/mol. The SMILES string of the molecule is C/C=C/c1ccc(OC[C@H](O)C[NH+]2CCCCCCC2)c(OC)c1. The van der Waals surface area contributed by atoms with Crippen LogP contribution in [0.5, 0.6) is 11.5 Å². The van der Waals surface area contributed by atoms with E-state index in [4.69, 9.17) is 9.47 Å². The van der Waals surface area contributed by atoms with E-state index in [1.807, 2.05) is 37.3 Å². The number of nitrogens with one attached hydrogen (secondary N) is 1. The maximum Gasteiger partial charge on any atom is 0.161 e. The van der Waals surface area contributed by atoms with Crippen molar-refractivity contribution in [3.63, 3.8) is 0 Å². The zero-order valence-corrected chi connectivity index (χ0v) is 15.1. The van der Waals surface area contributed by atoms with E-state index in [0.717, 1.165) is 12.1 Å². The molecule has 0 unspecified atom stereocenters. The number of hydrogen-bond donors (Lipinski definition) is 2. The quantitative estimate of drug-likeness (QED) is 0.804. The molecule has 2 rings (SSSR count). The van der Waals surface area contributed by atoms with Crippen molar-refractivity contribution < 1.29 is 19.5 Å². The zero-order valence-electron chi connectivity index (χ0n) is 15.1. The molecule has 1 aliphatic rings. The molecule has 1 heterocycles. The topological polar surface area (TPSA) is 43.1 Å². The smallest absolute Gasteiger partial charge is 0.161 e. The number of methoxy groups -OCH3 is 1. The minimum absolute atomic E-state index is 0.308. The van der Waals surface area contributed by atoms with Crippen LogP contribution in [0, 0.1) is 0 Å². The zero-order chi connectivity index (χ0) is 17.2. The highest BCUT2D eigenvalue weighted by Gasteiger charge is 2.17. The molecular weight excluding hydrogens is 302 g/mol. The number of quaternary nitrogens is 1. The fourth-order valence-corrected chi connectivity index (χ4v) is 3.29. The number of allylic oxidation sites excluding steroid dienone is 1. The van der Waals surface area contributed by atoms with Crippen LogP contribution in [0.4, 0.5) is 0 Å². The third kappa shape index (κ3) is 6.17. The first-order chi connectivity index (χ1) is 11.7. The van der Waals surface area contributed by atoms with Gasteiger partial charge >= 0.3 is 0 Å². The predicted octanol–water partition coefficient (Wildman–Crippen LogP) is 2.32. The Balaban J connectivity index is 1.85. The molecular formula is C20H32NO3+. The van der Waals surface area contributed by atoms with Crippen LogP contribution in [0.1, 0.15) is 44.6 Å². The maximum absolute atomic E-state index is 10.3. The van der Waals surface area contributed by atoms with E-state index >= 15 is 0 Å². The molecule has 24 heavy (non-hydrogen) atoms. The lowest BCUT2D eigenvalue weighted by Crippen LogP contribution is -3.13. The number of aliphatic hydroxyl groups is 1. The highest BCUT2D eigenvalue weighted by atomic mass is 16.5. The van der Waals surface area contributed by atoms with Crippen LogP contribution in [-0.4, -0.2) is 44.6 Å². The van der Waals surface area contributed by atoms with Gasteiger partial charge in [0.05, 0.1) is 20.2 Å². The molecule has 1 aromatic rings. The minimum atomic E-state index is -0.445. The summed E-state index contributed by atoms with van der Waals surface area (Å²) >= 11 is 0. The molecule has 0 bridgehead atoms. The summed E-state index contributed by atoms with van der Waals surface area (Å²) in [5.41, 5.74) is 1.08. The Morgan fingerprint density at radius 1 is 1.12 bits per heavy atom. The van der Waals surface area contributed by atoms with Gasteiger partial charge in [-0.2, -0.15) is 0 Å². The summed E-state index contributed by atoms with van der Waals surface area (Å²) in [6, 6.07) is 5.85. The van der Waals surface area contributed by atoms with E-state index in [9.17, 15) is 5.11 Å². The van der Waals surface area contributed by atoms with Gasteiger partial charge in [-0.05, 0) is 50.3 Å². The fourth-order valence-electron chi connectivity index (χ4n) is 3.29. The van der Waals surface area contributed by atoms with E-state index in [1.165, 1.54) is 50.1 Å². The Morgan fingerprint density at radius 3 is 2.50 bits per heavy atom. The van der Waals surface area contributed by atoms with Gasteiger partial charge in [0, 0.05) is 0 Å². The molecule has 1 fully saturated rings. The molecule has 134 valence electrons. The summed E-state index contributed by atoms with van der Waals surface area (Å²) < 4.78 is 11.2. The molecule has 0 amide bonds. The van der Waals surface area contributed by atoms with Gasteiger partial charge in [0.25, 0.3) is 0 Å². The largest absolute Gasteiger partial charge is 0.493 e. The van der Waals surface area contributed by atoms with Crippen molar-refractivity contribution in [2.75, 3.05) is 33.4 Å². The van der Waals surface area contributed by atoms with Gasteiger partial charge in [-0.1, -0.05) is 24.6 Å². The first-order valence-electron chi connectivity index (χ1n) is 9.18. The molecule has 1 aliphatic heterocycles. The third-order valence-corrected chi connectivity index (χ3v) is 4.56. The molecule has 1 saturated heterocycles. The lowest BCUT2D eigenvalue weighted by molar-refractivity contribution is -0.904. The van der Waals surface area contributed by atoms with Crippen molar-refractivity contribution in [3.8, 4) is 11.5 Å². The molecule has 2 N–H and O–H groups in total. The molecule has 1 atom stereocenters. The fraction of sp³-hybridized carbons (Fsp3) is 0.600. The Labute approximate surface area is 146 Å². The molecule has 4 heteroatoms. The molecule has 1 aromatic carbocycles. The van der Waals surface area contributed by atoms with Crippen LogP contribution in [0.25, 0.3) is 6.08 Å². The van der Waals surface area contributed by atoms with Crippen LogP contribution >= 0.6 is 0 Å². The van der Waals surface area contributed by atoms with E-state index < -0.39 is 6.10 Å². The van der Waals surface area contributed by atoms with Crippen molar-refractivity contribution in [1.29, 1.82) is 0 Å². The average Bonchev–Trinajstić information content (AvgIpc) is 2.56.